The summed E-state index contributed by atoms with van der Waals surface area (Å²) in [6.07, 6.45) is 4.19. The lowest BCUT2D eigenvalue weighted by Gasteiger charge is -2.26. The van der Waals surface area contributed by atoms with Crippen molar-refractivity contribution in [1.82, 2.24) is 9.29 Å². The van der Waals surface area contributed by atoms with E-state index in [2.05, 4.69) is 10.3 Å². The van der Waals surface area contributed by atoms with Gasteiger partial charge in [0.05, 0.1) is 6.54 Å². The Hall–Kier alpha value is -2.16. The van der Waals surface area contributed by atoms with Crippen LogP contribution in [0.5, 0.6) is 0 Å². The van der Waals surface area contributed by atoms with Gasteiger partial charge in [-0.25, -0.2) is 13.4 Å². The maximum absolute atomic E-state index is 12.7. The second kappa shape index (κ2) is 8.89. The predicted molar refractivity (Wildman–Crippen MR) is 110 cm³/mol. The molecule has 0 saturated carbocycles. The summed E-state index contributed by atoms with van der Waals surface area (Å²) in [7, 11) is -1.78. The van der Waals surface area contributed by atoms with E-state index < -0.39 is 10.0 Å². The number of pyridine rings is 1. The molecule has 1 aromatic carbocycles. The maximum Gasteiger partial charge on any atom is 0.244 e. The Kier molecular flexibility index (Phi) is 6.53. The Morgan fingerprint density at radius 3 is 2.43 bits per heavy atom. The highest BCUT2D eigenvalue weighted by atomic mass is 35.5. The maximum atomic E-state index is 12.7. The molecule has 1 N–H and O–H groups in total. The number of likely N-dealkylation sites (N-methyl/N-ethyl adjacent to an activating group) is 1. The zero-order valence-electron chi connectivity index (χ0n) is 15.6. The second-order valence-corrected chi connectivity index (χ2v) is 9.10. The van der Waals surface area contributed by atoms with Crippen molar-refractivity contribution < 1.29 is 13.2 Å². The summed E-state index contributed by atoms with van der Waals surface area (Å²) in [6, 6.07) is 10.00. The summed E-state index contributed by atoms with van der Waals surface area (Å²) in [5.41, 5.74) is 0.652. The highest BCUT2D eigenvalue weighted by Crippen LogP contribution is 2.21. The van der Waals surface area contributed by atoms with Crippen molar-refractivity contribution in [3.05, 3.63) is 47.6 Å². The molecule has 150 valence electrons. The molecule has 2 heterocycles. The number of piperidine rings is 1. The fourth-order valence-corrected chi connectivity index (χ4v) is 4.62. The van der Waals surface area contributed by atoms with Crippen molar-refractivity contribution >= 4 is 39.0 Å². The molecule has 1 aliphatic rings. The van der Waals surface area contributed by atoms with Crippen molar-refractivity contribution in [2.45, 2.75) is 24.2 Å². The molecule has 1 saturated heterocycles. The van der Waals surface area contributed by atoms with Crippen LogP contribution in [0.25, 0.3) is 0 Å². The molecule has 0 radical (unpaired) electrons. The summed E-state index contributed by atoms with van der Waals surface area (Å²) >= 11 is 5.83. The first kappa shape index (κ1) is 20.6. The molecule has 0 unspecified atom stereocenters. The van der Waals surface area contributed by atoms with Gasteiger partial charge in [-0.05, 0) is 49.2 Å². The van der Waals surface area contributed by atoms with Crippen LogP contribution < -0.4 is 10.2 Å². The lowest BCUT2D eigenvalue weighted by Crippen LogP contribution is -2.35. The van der Waals surface area contributed by atoms with Crippen LogP contribution >= 0.6 is 11.6 Å². The monoisotopic (exact) mass is 422 g/mol. The molecule has 28 heavy (non-hydrogen) atoms. The molecule has 1 fully saturated rings. The third kappa shape index (κ3) is 5.01. The topological polar surface area (TPSA) is 82.6 Å². The van der Waals surface area contributed by atoms with Gasteiger partial charge in [-0.1, -0.05) is 18.0 Å². The van der Waals surface area contributed by atoms with Crippen LogP contribution in [0.2, 0.25) is 5.02 Å². The largest absolute Gasteiger partial charge is 0.350 e. The van der Waals surface area contributed by atoms with Crippen LogP contribution in [0.1, 0.15) is 19.3 Å². The van der Waals surface area contributed by atoms with Gasteiger partial charge in [-0.3, -0.25) is 4.79 Å². The number of carbonyl (C=O) groups excluding carboxylic acids is 1. The van der Waals surface area contributed by atoms with Gasteiger partial charge in [0.25, 0.3) is 0 Å². The first-order valence-corrected chi connectivity index (χ1v) is 10.9. The van der Waals surface area contributed by atoms with Gasteiger partial charge in [0.2, 0.25) is 15.9 Å². The van der Waals surface area contributed by atoms with Crippen LogP contribution in [0, 0.1) is 0 Å². The van der Waals surface area contributed by atoms with E-state index in [1.807, 2.05) is 0 Å². The molecule has 2 aromatic rings. The van der Waals surface area contributed by atoms with Crippen molar-refractivity contribution in [3.8, 4) is 0 Å². The first-order chi connectivity index (χ1) is 13.4. The number of carbonyl (C=O) groups is 1. The lowest BCUT2D eigenvalue weighted by molar-refractivity contribution is -0.114. The zero-order chi connectivity index (χ0) is 20.1. The Labute approximate surface area is 170 Å². The van der Waals surface area contributed by atoms with Gasteiger partial charge in [0, 0.05) is 37.0 Å². The van der Waals surface area contributed by atoms with Gasteiger partial charge in [0.15, 0.2) is 0 Å². The van der Waals surface area contributed by atoms with Gasteiger partial charge in [-0.15, -0.1) is 0 Å². The van der Waals surface area contributed by atoms with E-state index in [0.717, 1.165) is 19.3 Å². The highest BCUT2D eigenvalue weighted by Gasteiger charge is 2.26. The molecule has 0 bridgehead atoms. The summed E-state index contributed by atoms with van der Waals surface area (Å²) in [5, 5.41) is 3.38. The zero-order valence-corrected chi connectivity index (χ0v) is 17.2. The normalized spacial score (nSPS) is 15.2. The van der Waals surface area contributed by atoms with E-state index in [4.69, 9.17) is 11.6 Å². The van der Waals surface area contributed by atoms with Crippen LogP contribution in [-0.2, 0) is 14.8 Å². The van der Waals surface area contributed by atoms with Gasteiger partial charge >= 0.3 is 0 Å². The number of nitrogens with one attached hydrogen (secondary N) is 1. The second-order valence-electron chi connectivity index (χ2n) is 6.73. The summed E-state index contributed by atoms with van der Waals surface area (Å²) in [6.45, 7) is 1.18. The minimum Gasteiger partial charge on any atom is -0.350 e. The molecular weight excluding hydrogens is 400 g/mol. The Morgan fingerprint density at radius 1 is 1.14 bits per heavy atom. The number of hydrogen-bond donors (Lipinski definition) is 1. The predicted octanol–water partition coefficient (Wildman–Crippen LogP) is 2.98. The lowest BCUT2D eigenvalue weighted by atomic mass is 10.2. The number of benzene rings is 1. The first-order valence-electron chi connectivity index (χ1n) is 9.09. The van der Waals surface area contributed by atoms with E-state index in [1.165, 1.54) is 10.5 Å². The third-order valence-electron chi connectivity index (χ3n) is 4.57. The highest BCUT2D eigenvalue weighted by molar-refractivity contribution is 7.89. The molecule has 3 rings (SSSR count). The quantitative estimate of drug-likeness (QED) is 0.773. The van der Waals surface area contributed by atoms with E-state index in [0.29, 0.717) is 29.6 Å². The Balaban J connectivity index is 1.62. The number of amides is 1. The molecule has 1 aromatic heterocycles. The molecule has 9 heteroatoms. The molecule has 7 nitrogen and oxygen atoms in total. The fraction of sp³-hybridized carbons (Fsp3) is 0.368. The number of halogens is 1. The van der Waals surface area contributed by atoms with Crippen LogP contribution in [0.3, 0.4) is 0 Å². The van der Waals surface area contributed by atoms with Crippen molar-refractivity contribution in [1.29, 1.82) is 0 Å². The van der Waals surface area contributed by atoms with E-state index in [1.54, 1.807) is 48.3 Å². The van der Waals surface area contributed by atoms with Crippen LogP contribution in [-0.4, -0.2) is 50.3 Å². The molecule has 1 amide bonds. The van der Waals surface area contributed by atoms with Crippen LogP contribution in [0.4, 0.5) is 11.5 Å². The smallest absolute Gasteiger partial charge is 0.244 e. The molecule has 0 aliphatic carbocycles. The minimum atomic E-state index is -3.51. The number of aromatic nitrogens is 1. The fourth-order valence-electron chi connectivity index (χ4n) is 3.04. The number of rotatable bonds is 6. The number of anilines is 2. The van der Waals surface area contributed by atoms with E-state index in [-0.39, 0.29) is 17.3 Å². The van der Waals surface area contributed by atoms with Crippen molar-refractivity contribution in [3.63, 3.8) is 0 Å². The van der Waals surface area contributed by atoms with E-state index >= 15 is 0 Å². The third-order valence-corrected chi connectivity index (χ3v) is 6.71. The standard InChI is InChI=1S/C19H23ClN4O3S/c1-23(14-19(25)22-16-7-5-15(20)6-8-16)18-10-9-17(13-21-18)28(26,27)24-11-3-2-4-12-24/h5-10,13H,2-4,11-12,14H2,1H3,(H,22,25). The summed E-state index contributed by atoms with van der Waals surface area (Å²) in [5.74, 6) is 0.306. The van der Waals surface area contributed by atoms with Crippen molar-refractivity contribution in [2.75, 3.05) is 36.9 Å². The van der Waals surface area contributed by atoms with Crippen LogP contribution in [0.15, 0.2) is 47.5 Å². The minimum absolute atomic E-state index is 0.0772. The molecule has 0 atom stereocenters. The van der Waals surface area contributed by atoms with E-state index in [9.17, 15) is 13.2 Å². The van der Waals surface area contributed by atoms with Gasteiger partial charge in [0.1, 0.15) is 10.7 Å². The number of hydrogen-bond acceptors (Lipinski definition) is 5. The van der Waals surface area contributed by atoms with Crippen molar-refractivity contribution in [2.24, 2.45) is 0 Å². The Bertz CT molecular complexity index is 911. The molecular formula is C19H23ClN4O3S. The molecule has 1 aliphatic heterocycles. The number of nitrogens with zero attached hydrogens (tertiary/aromatic N) is 3. The number of sulfonamides is 1. The summed E-state index contributed by atoms with van der Waals surface area (Å²) in [4.78, 5) is 18.3. The molecule has 0 spiro atoms. The van der Waals surface area contributed by atoms with Gasteiger partial charge < -0.3 is 10.2 Å². The summed E-state index contributed by atoms with van der Waals surface area (Å²) < 4.78 is 26.9. The Morgan fingerprint density at radius 2 is 1.82 bits per heavy atom. The average Bonchev–Trinajstić information content (AvgIpc) is 2.70. The SMILES string of the molecule is CN(CC(=O)Nc1ccc(Cl)cc1)c1ccc(S(=O)(=O)N2CCCCC2)cn1. The average molecular weight is 423 g/mol. The van der Waals surface area contributed by atoms with Gasteiger partial charge in [-0.2, -0.15) is 4.31 Å².